The standard InChI is InChI=1S/C20H27N7O2/c1-4-22-20(29)26-18-9-14(7-8-23-18)10-27-11-15(12-27)25-16-5-6-17(19(28)21-3)24-13(16)2/h5-9,15,25H,4,10-12H2,1-3H3,(H,21,28)(H2,22,23,26,29). The Labute approximate surface area is 170 Å². The summed E-state index contributed by atoms with van der Waals surface area (Å²) < 4.78 is 0. The Hall–Kier alpha value is -3.20. The molecule has 9 heteroatoms. The fraction of sp³-hybridized carbons (Fsp3) is 0.400. The molecular formula is C20H27N7O2. The highest BCUT2D eigenvalue weighted by atomic mass is 16.2. The number of pyridine rings is 2. The van der Waals surface area contributed by atoms with E-state index >= 15 is 0 Å². The van der Waals surface area contributed by atoms with Gasteiger partial charge in [-0.2, -0.15) is 0 Å². The quantitative estimate of drug-likeness (QED) is 0.565. The van der Waals surface area contributed by atoms with Crippen molar-refractivity contribution in [2.45, 2.75) is 26.4 Å². The minimum Gasteiger partial charge on any atom is -0.378 e. The predicted molar refractivity (Wildman–Crippen MR) is 112 cm³/mol. The van der Waals surface area contributed by atoms with Crippen LogP contribution in [0.5, 0.6) is 0 Å². The highest BCUT2D eigenvalue weighted by molar-refractivity contribution is 5.92. The van der Waals surface area contributed by atoms with E-state index in [0.29, 0.717) is 24.1 Å². The molecular weight excluding hydrogens is 370 g/mol. The van der Waals surface area contributed by atoms with E-state index in [2.05, 4.69) is 36.1 Å². The summed E-state index contributed by atoms with van der Waals surface area (Å²) >= 11 is 0. The van der Waals surface area contributed by atoms with Crippen LogP contribution >= 0.6 is 0 Å². The number of rotatable bonds is 7. The smallest absolute Gasteiger partial charge is 0.320 e. The molecule has 4 N–H and O–H groups in total. The van der Waals surface area contributed by atoms with E-state index in [4.69, 9.17) is 0 Å². The van der Waals surface area contributed by atoms with Crippen LogP contribution in [0.3, 0.4) is 0 Å². The van der Waals surface area contributed by atoms with E-state index in [0.717, 1.165) is 36.6 Å². The molecule has 1 aliphatic rings. The lowest BCUT2D eigenvalue weighted by atomic mass is 10.1. The molecule has 2 aromatic rings. The number of urea groups is 1. The Morgan fingerprint density at radius 1 is 1.24 bits per heavy atom. The summed E-state index contributed by atoms with van der Waals surface area (Å²) in [7, 11) is 1.59. The third-order valence-electron chi connectivity index (χ3n) is 4.67. The molecule has 29 heavy (non-hydrogen) atoms. The van der Waals surface area contributed by atoms with Gasteiger partial charge in [0.15, 0.2) is 0 Å². The van der Waals surface area contributed by atoms with E-state index in [1.807, 2.05) is 32.0 Å². The molecule has 0 aromatic carbocycles. The predicted octanol–water partition coefficient (Wildman–Crippen LogP) is 1.58. The number of aryl methyl sites for hydroxylation is 1. The van der Waals surface area contributed by atoms with Gasteiger partial charge in [-0.05, 0) is 43.7 Å². The van der Waals surface area contributed by atoms with Crippen molar-refractivity contribution in [3.05, 3.63) is 47.4 Å². The second kappa shape index (κ2) is 9.33. The van der Waals surface area contributed by atoms with Gasteiger partial charge in [-0.3, -0.25) is 15.0 Å². The monoisotopic (exact) mass is 397 g/mol. The number of anilines is 2. The number of carbonyl (C=O) groups excluding carboxylic acids is 2. The first kappa shape index (κ1) is 20.5. The number of nitrogens with one attached hydrogen (secondary N) is 4. The van der Waals surface area contributed by atoms with Gasteiger partial charge in [0, 0.05) is 39.4 Å². The fourth-order valence-electron chi connectivity index (χ4n) is 3.20. The molecule has 3 amide bonds. The summed E-state index contributed by atoms with van der Waals surface area (Å²) in [6.45, 7) is 6.92. The van der Waals surface area contributed by atoms with E-state index in [1.54, 1.807) is 19.3 Å². The summed E-state index contributed by atoms with van der Waals surface area (Å²) in [6.07, 6.45) is 1.70. The third kappa shape index (κ3) is 5.41. The van der Waals surface area contributed by atoms with Crippen molar-refractivity contribution in [1.29, 1.82) is 0 Å². The lowest BCUT2D eigenvalue weighted by Gasteiger charge is -2.40. The summed E-state index contributed by atoms with van der Waals surface area (Å²) in [5.41, 5.74) is 3.26. The minimum atomic E-state index is -0.253. The maximum absolute atomic E-state index is 11.7. The molecule has 0 aliphatic carbocycles. The van der Waals surface area contributed by atoms with Crippen LogP contribution in [-0.4, -0.2) is 59.5 Å². The molecule has 0 radical (unpaired) electrons. The summed E-state index contributed by atoms with van der Waals surface area (Å²) in [5.74, 6) is 0.356. The topological polar surface area (TPSA) is 111 Å². The minimum absolute atomic E-state index is 0.187. The maximum Gasteiger partial charge on any atom is 0.320 e. The Kier molecular flexibility index (Phi) is 6.61. The second-order valence-corrected chi connectivity index (χ2v) is 6.98. The molecule has 1 saturated heterocycles. The average Bonchev–Trinajstić information content (AvgIpc) is 2.67. The number of amides is 3. The van der Waals surface area contributed by atoms with Crippen molar-refractivity contribution in [2.75, 3.05) is 37.3 Å². The Morgan fingerprint density at radius 3 is 2.72 bits per heavy atom. The van der Waals surface area contributed by atoms with Crippen LogP contribution in [0.2, 0.25) is 0 Å². The summed E-state index contributed by atoms with van der Waals surface area (Å²) in [4.78, 5) is 34.1. The summed E-state index contributed by atoms with van der Waals surface area (Å²) in [5, 5.41) is 11.5. The van der Waals surface area contributed by atoms with Gasteiger partial charge in [0.05, 0.1) is 17.4 Å². The van der Waals surface area contributed by atoms with Crippen LogP contribution in [0, 0.1) is 6.92 Å². The molecule has 0 saturated carbocycles. The van der Waals surface area contributed by atoms with Gasteiger partial charge in [0.25, 0.3) is 5.91 Å². The molecule has 1 fully saturated rings. The van der Waals surface area contributed by atoms with Crippen molar-refractivity contribution in [3.8, 4) is 0 Å². The van der Waals surface area contributed by atoms with E-state index < -0.39 is 0 Å². The van der Waals surface area contributed by atoms with Crippen LogP contribution in [0.1, 0.15) is 28.7 Å². The molecule has 0 unspecified atom stereocenters. The molecule has 3 heterocycles. The number of carbonyl (C=O) groups is 2. The summed E-state index contributed by atoms with van der Waals surface area (Å²) in [6, 6.07) is 7.55. The molecule has 0 atom stereocenters. The number of hydrogen-bond acceptors (Lipinski definition) is 6. The van der Waals surface area contributed by atoms with Crippen LogP contribution in [-0.2, 0) is 6.54 Å². The average molecular weight is 397 g/mol. The normalized spacial score (nSPS) is 14.0. The van der Waals surface area contributed by atoms with Gasteiger partial charge in [-0.25, -0.2) is 14.8 Å². The lowest BCUT2D eigenvalue weighted by molar-refractivity contribution is 0.0958. The zero-order valence-corrected chi connectivity index (χ0v) is 17.0. The van der Waals surface area contributed by atoms with Crippen molar-refractivity contribution < 1.29 is 9.59 Å². The van der Waals surface area contributed by atoms with Gasteiger partial charge in [0.2, 0.25) is 0 Å². The third-order valence-corrected chi connectivity index (χ3v) is 4.67. The van der Waals surface area contributed by atoms with E-state index in [1.165, 1.54) is 0 Å². The molecule has 0 bridgehead atoms. The zero-order chi connectivity index (χ0) is 20.8. The molecule has 9 nitrogen and oxygen atoms in total. The maximum atomic E-state index is 11.7. The first-order chi connectivity index (χ1) is 14.0. The van der Waals surface area contributed by atoms with Gasteiger partial charge >= 0.3 is 6.03 Å². The highest BCUT2D eigenvalue weighted by Crippen LogP contribution is 2.20. The van der Waals surface area contributed by atoms with E-state index in [9.17, 15) is 9.59 Å². The first-order valence-corrected chi connectivity index (χ1v) is 9.67. The number of aromatic nitrogens is 2. The van der Waals surface area contributed by atoms with Crippen molar-refractivity contribution in [2.24, 2.45) is 0 Å². The molecule has 1 aliphatic heterocycles. The first-order valence-electron chi connectivity index (χ1n) is 9.67. The van der Waals surface area contributed by atoms with E-state index in [-0.39, 0.29) is 11.9 Å². The van der Waals surface area contributed by atoms with Crippen molar-refractivity contribution in [1.82, 2.24) is 25.5 Å². The van der Waals surface area contributed by atoms with Crippen molar-refractivity contribution in [3.63, 3.8) is 0 Å². The number of likely N-dealkylation sites (tertiary alicyclic amines) is 1. The van der Waals surface area contributed by atoms with Crippen LogP contribution in [0.4, 0.5) is 16.3 Å². The number of nitrogens with zero attached hydrogens (tertiary/aromatic N) is 3. The fourth-order valence-corrected chi connectivity index (χ4v) is 3.20. The Balaban J connectivity index is 1.49. The largest absolute Gasteiger partial charge is 0.378 e. The molecule has 2 aromatic heterocycles. The highest BCUT2D eigenvalue weighted by Gasteiger charge is 2.27. The van der Waals surface area contributed by atoms with Crippen molar-refractivity contribution >= 4 is 23.4 Å². The Bertz CT molecular complexity index is 881. The molecule has 154 valence electrons. The van der Waals surface area contributed by atoms with Gasteiger partial charge in [-0.15, -0.1) is 0 Å². The zero-order valence-electron chi connectivity index (χ0n) is 17.0. The van der Waals surface area contributed by atoms with Gasteiger partial charge < -0.3 is 16.0 Å². The van der Waals surface area contributed by atoms with Gasteiger partial charge in [-0.1, -0.05) is 0 Å². The SMILES string of the molecule is CCNC(=O)Nc1cc(CN2CC(Nc3ccc(C(=O)NC)nc3C)C2)ccn1. The molecule has 3 rings (SSSR count). The van der Waals surface area contributed by atoms with Crippen LogP contribution in [0.15, 0.2) is 30.5 Å². The van der Waals surface area contributed by atoms with Gasteiger partial charge in [0.1, 0.15) is 11.5 Å². The van der Waals surface area contributed by atoms with Crippen LogP contribution < -0.4 is 21.3 Å². The second-order valence-electron chi connectivity index (χ2n) is 6.98. The molecule has 0 spiro atoms. The number of hydrogen-bond donors (Lipinski definition) is 4. The van der Waals surface area contributed by atoms with Crippen LogP contribution in [0.25, 0.3) is 0 Å². The Morgan fingerprint density at radius 2 is 2.03 bits per heavy atom. The lowest BCUT2D eigenvalue weighted by Crippen LogP contribution is -2.54.